The van der Waals surface area contributed by atoms with Gasteiger partial charge in [-0.2, -0.15) is 0 Å². The smallest absolute Gasteiger partial charge is 0.269 e. The molecular formula is C24H19N5O3. The lowest BCUT2D eigenvalue weighted by Gasteiger charge is -2.10. The predicted octanol–water partition coefficient (Wildman–Crippen LogP) is 5.36. The Hall–Kier alpha value is -4.59. The third-order valence-corrected chi connectivity index (χ3v) is 4.64. The molecule has 0 aliphatic rings. The van der Waals surface area contributed by atoms with Crippen LogP contribution in [0.25, 0.3) is 11.3 Å². The molecule has 0 radical (unpaired) electrons. The average molecular weight is 425 g/mol. The Morgan fingerprint density at radius 2 is 1.62 bits per heavy atom. The lowest BCUT2D eigenvalue weighted by molar-refractivity contribution is -0.384. The minimum atomic E-state index is -0.487. The molecule has 0 spiro atoms. The second kappa shape index (κ2) is 9.05. The summed E-state index contributed by atoms with van der Waals surface area (Å²) in [4.78, 5) is 31.9. The maximum atomic E-state index is 12.6. The minimum Gasteiger partial charge on any atom is -0.340 e. The van der Waals surface area contributed by atoms with Gasteiger partial charge in [-0.15, -0.1) is 0 Å². The van der Waals surface area contributed by atoms with Crippen LogP contribution in [0.5, 0.6) is 0 Å². The molecule has 4 aromatic rings. The largest absolute Gasteiger partial charge is 0.340 e. The van der Waals surface area contributed by atoms with Gasteiger partial charge >= 0.3 is 0 Å². The van der Waals surface area contributed by atoms with Gasteiger partial charge in [0, 0.05) is 40.7 Å². The van der Waals surface area contributed by atoms with E-state index in [2.05, 4.69) is 20.6 Å². The SMILES string of the molecule is Cc1nc(Nc2cccc(C(=O)Nc3ccc([N+](=O)[O-])cc3)c2)cc(-c2ccccc2)n1. The Kier molecular flexibility index (Phi) is 5.85. The number of nitro benzene ring substituents is 1. The van der Waals surface area contributed by atoms with Crippen molar-refractivity contribution >= 4 is 28.8 Å². The number of carbonyl (C=O) groups excluding carboxylic acids is 1. The van der Waals surface area contributed by atoms with E-state index in [1.165, 1.54) is 24.3 Å². The molecular weight excluding hydrogens is 406 g/mol. The number of hydrogen-bond donors (Lipinski definition) is 2. The molecule has 0 fully saturated rings. The van der Waals surface area contributed by atoms with E-state index in [0.29, 0.717) is 28.6 Å². The minimum absolute atomic E-state index is 0.0378. The van der Waals surface area contributed by atoms with E-state index in [-0.39, 0.29) is 11.6 Å². The van der Waals surface area contributed by atoms with Crippen molar-refractivity contribution in [1.82, 2.24) is 9.97 Å². The third kappa shape index (κ3) is 4.93. The molecule has 3 aromatic carbocycles. The summed E-state index contributed by atoms with van der Waals surface area (Å²) < 4.78 is 0. The fourth-order valence-corrected chi connectivity index (χ4v) is 3.14. The number of non-ortho nitro benzene ring substituents is 1. The van der Waals surface area contributed by atoms with Gasteiger partial charge in [-0.3, -0.25) is 14.9 Å². The van der Waals surface area contributed by atoms with E-state index in [4.69, 9.17) is 0 Å². The molecule has 1 heterocycles. The number of benzene rings is 3. The van der Waals surface area contributed by atoms with Crippen LogP contribution in [-0.2, 0) is 0 Å². The van der Waals surface area contributed by atoms with Gasteiger partial charge in [0.25, 0.3) is 11.6 Å². The van der Waals surface area contributed by atoms with Crippen LogP contribution in [0.1, 0.15) is 16.2 Å². The highest BCUT2D eigenvalue weighted by Gasteiger charge is 2.10. The highest BCUT2D eigenvalue weighted by atomic mass is 16.6. The Morgan fingerprint density at radius 3 is 2.34 bits per heavy atom. The molecule has 4 rings (SSSR count). The van der Waals surface area contributed by atoms with Crippen molar-refractivity contribution in [1.29, 1.82) is 0 Å². The van der Waals surface area contributed by atoms with Gasteiger partial charge in [-0.1, -0.05) is 36.4 Å². The number of nitro groups is 1. The molecule has 0 atom stereocenters. The van der Waals surface area contributed by atoms with Crippen LogP contribution in [0, 0.1) is 17.0 Å². The van der Waals surface area contributed by atoms with Crippen molar-refractivity contribution < 1.29 is 9.72 Å². The number of aromatic nitrogens is 2. The Balaban J connectivity index is 1.51. The molecule has 8 heteroatoms. The quantitative estimate of drug-likeness (QED) is 0.318. The van der Waals surface area contributed by atoms with Gasteiger partial charge in [0.2, 0.25) is 0 Å². The number of carbonyl (C=O) groups is 1. The van der Waals surface area contributed by atoms with Crippen LogP contribution >= 0.6 is 0 Å². The Bertz CT molecular complexity index is 1270. The van der Waals surface area contributed by atoms with Crippen LogP contribution in [0.2, 0.25) is 0 Å². The molecule has 158 valence electrons. The fourth-order valence-electron chi connectivity index (χ4n) is 3.14. The van der Waals surface area contributed by atoms with Gasteiger partial charge < -0.3 is 10.6 Å². The zero-order chi connectivity index (χ0) is 22.5. The third-order valence-electron chi connectivity index (χ3n) is 4.64. The first-order valence-electron chi connectivity index (χ1n) is 9.82. The van der Waals surface area contributed by atoms with Crippen molar-refractivity contribution in [2.45, 2.75) is 6.92 Å². The van der Waals surface area contributed by atoms with E-state index in [1.54, 1.807) is 18.2 Å². The lowest BCUT2D eigenvalue weighted by atomic mass is 10.1. The molecule has 0 aliphatic heterocycles. The number of rotatable bonds is 6. The molecule has 0 bridgehead atoms. The summed E-state index contributed by atoms with van der Waals surface area (Å²) in [6, 6.07) is 24.3. The zero-order valence-electron chi connectivity index (χ0n) is 17.1. The number of nitrogens with zero attached hydrogens (tertiary/aromatic N) is 3. The molecule has 1 aromatic heterocycles. The summed E-state index contributed by atoms with van der Waals surface area (Å²) in [7, 11) is 0. The summed E-state index contributed by atoms with van der Waals surface area (Å²) in [5.74, 6) is 0.913. The molecule has 8 nitrogen and oxygen atoms in total. The summed E-state index contributed by atoms with van der Waals surface area (Å²) in [5, 5.41) is 16.7. The topological polar surface area (TPSA) is 110 Å². The average Bonchev–Trinajstić information content (AvgIpc) is 2.80. The van der Waals surface area contributed by atoms with Crippen LogP contribution in [0.4, 0.5) is 22.9 Å². The van der Waals surface area contributed by atoms with Gasteiger partial charge in [-0.05, 0) is 37.3 Å². The first-order valence-corrected chi connectivity index (χ1v) is 9.82. The predicted molar refractivity (Wildman–Crippen MR) is 123 cm³/mol. The maximum absolute atomic E-state index is 12.6. The Labute approximate surface area is 184 Å². The molecule has 0 saturated heterocycles. The van der Waals surface area contributed by atoms with Gasteiger partial charge in [-0.25, -0.2) is 9.97 Å². The molecule has 2 N–H and O–H groups in total. The van der Waals surface area contributed by atoms with E-state index in [0.717, 1.165) is 11.3 Å². The van der Waals surface area contributed by atoms with E-state index in [9.17, 15) is 14.9 Å². The summed E-state index contributed by atoms with van der Waals surface area (Å²) in [5.41, 5.74) is 3.34. The van der Waals surface area contributed by atoms with Crippen LogP contribution in [-0.4, -0.2) is 20.8 Å². The summed E-state index contributed by atoms with van der Waals surface area (Å²) in [6.07, 6.45) is 0. The number of aryl methyl sites for hydroxylation is 1. The van der Waals surface area contributed by atoms with E-state index < -0.39 is 4.92 Å². The molecule has 0 unspecified atom stereocenters. The van der Waals surface area contributed by atoms with Gasteiger partial charge in [0.15, 0.2) is 0 Å². The monoisotopic (exact) mass is 425 g/mol. The van der Waals surface area contributed by atoms with Gasteiger partial charge in [0.05, 0.1) is 10.6 Å². The lowest BCUT2D eigenvalue weighted by Crippen LogP contribution is -2.12. The fraction of sp³-hybridized carbons (Fsp3) is 0.0417. The van der Waals surface area contributed by atoms with Crippen LogP contribution in [0.3, 0.4) is 0 Å². The molecule has 0 aliphatic carbocycles. The number of hydrogen-bond acceptors (Lipinski definition) is 6. The normalized spacial score (nSPS) is 10.4. The number of nitrogens with one attached hydrogen (secondary N) is 2. The molecule has 32 heavy (non-hydrogen) atoms. The second-order valence-electron chi connectivity index (χ2n) is 7.02. The standard InChI is InChI=1S/C24H19N5O3/c1-16-25-22(17-6-3-2-4-7-17)15-23(26-16)27-20-9-5-8-18(14-20)24(30)28-19-10-12-21(13-11-19)29(31)32/h2-15H,1H3,(H,28,30)(H,25,26,27). The first-order chi connectivity index (χ1) is 15.5. The first kappa shape index (κ1) is 20.7. The van der Waals surface area contributed by atoms with Crippen LogP contribution in [0.15, 0.2) is 84.9 Å². The highest BCUT2D eigenvalue weighted by molar-refractivity contribution is 6.04. The highest BCUT2D eigenvalue weighted by Crippen LogP contribution is 2.23. The number of amides is 1. The van der Waals surface area contributed by atoms with Crippen LogP contribution < -0.4 is 10.6 Å². The van der Waals surface area contributed by atoms with Crippen molar-refractivity contribution in [3.8, 4) is 11.3 Å². The molecule has 1 amide bonds. The number of anilines is 3. The summed E-state index contributed by atoms with van der Waals surface area (Å²) >= 11 is 0. The van der Waals surface area contributed by atoms with E-state index in [1.807, 2.05) is 49.4 Å². The Morgan fingerprint density at radius 1 is 0.875 bits per heavy atom. The van der Waals surface area contributed by atoms with Gasteiger partial charge in [0.1, 0.15) is 11.6 Å². The van der Waals surface area contributed by atoms with Crippen molar-refractivity contribution in [2.24, 2.45) is 0 Å². The van der Waals surface area contributed by atoms with Crippen molar-refractivity contribution in [2.75, 3.05) is 10.6 Å². The van der Waals surface area contributed by atoms with Crippen molar-refractivity contribution in [3.05, 3.63) is 106 Å². The molecule has 0 saturated carbocycles. The second-order valence-corrected chi connectivity index (χ2v) is 7.02. The zero-order valence-corrected chi connectivity index (χ0v) is 17.1. The van der Waals surface area contributed by atoms with Crippen molar-refractivity contribution in [3.63, 3.8) is 0 Å². The summed E-state index contributed by atoms with van der Waals surface area (Å²) in [6.45, 7) is 1.83. The maximum Gasteiger partial charge on any atom is 0.269 e. The van der Waals surface area contributed by atoms with E-state index >= 15 is 0 Å².